The van der Waals surface area contributed by atoms with Gasteiger partial charge in [-0.3, -0.25) is 9.14 Å². The van der Waals surface area contributed by atoms with E-state index < -0.39 is 18.1 Å². The van der Waals surface area contributed by atoms with Crippen molar-refractivity contribution in [3.63, 3.8) is 0 Å². The van der Waals surface area contributed by atoms with Crippen LogP contribution in [0.15, 0.2) is 54.7 Å². The number of benzene rings is 1. The molecule has 0 radical (unpaired) electrons. The van der Waals surface area contributed by atoms with Gasteiger partial charge in [0, 0.05) is 6.20 Å². The fourth-order valence-electron chi connectivity index (χ4n) is 2.71. The first kappa shape index (κ1) is 16.4. The Labute approximate surface area is 135 Å². The molecule has 0 saturated carbocycles. The molecule has 2 unspecified atom stereocenters. The lowest BCUT2D eigenvalue weighted by molar-refractivity contribution is -0.375. The molecular weight excluding hydrogens is 323 g/mol. The Balaban J connectivity index is 2.32. The third-order valence-corrected chi connectivity index (χ3v) is 3.71. The molecule has 0 aliphatic rings. The van der Waals surface area contributed by atoms with Crippen molar-refractivity contribution in [1.82, 2.24) is 14.6 Å². The Kier molecular flexibility index (Phi) is 4.02. The minimum atomic E-state index is -4.99. The number of alkyl halides is 3. The molecule has 1 N–H and O–H groups in total. The van der Waals surface area contributed by atoms with Crippen LogP contribution in [-0.4, -0.2) is 32.2 Å². The van der Waals surface area contributed by atoms with Crippen LogP contribution >= 0.6 is 0 Å². The van der Waals surface area contributed by atoms with Gasteiger partial charge in [0.25, 0.3) is 0 Å². The summed E-state index contributed by atoms with van der Waals surface area (Å²) >= 11 is 0. The summed E-state index contributed by atoms with van der Waals surface area (Å²) in [7, 11) is 0. The van der Waals surface area contributed by atoms with Crippen LogP contribution in [0.25, 0.3) is 5.65 Å². The van der Waals surface area contributed by atoms with Crippen LogP contribution in [0.3, 0.4) is 0 Å². The summed E-state index contributed by atoms with van der Waals surface area (Å²) in [5, 5.41) is 18.1. The lowest BCUT2D eigenvalue weighted by Gasteiger charge is -2.35. The van der Waals surface area contributed by atoms with Crippen molar-refractivity contribution >= 4 is 5.65 Å². The molecule has 3 rings (SSSR count). The summed E-state index contributed by atoms with van der Waals surface area (Å²) < 4.78 is 45.4. The monoisotopic (exact) mass is 337 g/mol. The van der Waals surface area contributed by atoms with Gasteiger partial charge < -0.3 is 5.11 Å². The molecule has 5 nitrogen and oxygen atoms in total. The molecule has 0 saturated heterocycles. The number of ether oxygens (including phenoxy) is 1. The topological polar surface area (TPSA) is 59.7 Å². The zero-order valence-electron chi connectivity index (χ0n) is 12.6. The predicted octanol–water partition coefficient (Wildman–Crippen LogP) is 2.89. The molecule has 0 spiro atoms. The average Bonchev–Trinajstić information content (AvgIpc) is 2.96. The molecule has 0 fully saturated rings. The molecule has 0 amide bonds. The Morgan fingerprint density at radius 3 is 2.33 bits per heavy atom. The molecule has 2 heterocycles. The van der Waals surface area contributed by atoms with Gasteiger partial charge >= 0.3 is 6.36 Å². The summed E-state index contributed by atoms with van der Waals surface area (Å²) in [6.45, 7) is 1.22. The molecule has 24 heavy (non-hydrogen) atoms. The SMILES string of the molecule is CC(O)C(OC(F)(F)F)(c1ccccc1)c1nnc2ccccn12. The second kappa shape index (κ2) is 5.88. The van der Waals surface area contributed by atoms with E-state index in [4.69, 9.17) is 0 Å². The number of aliphatic hydroxyl groups excluding tert-OH is 1. The summed E-state index contributed by atoms with van der Waals surface area (Å²) in [6, 6.07) is 12.6. The standard InChI is InChI=1S/C16H14F3N3O2/c1-11(23)15(24-16(17,18)19,12-7-3-2-4-8-12)14-21-20-13-9-5-6-10-22(13)14/h2-11,23H,1H3. The van der Waals surface area contributed by atoms with Crippen molar-refractivity contribution in [3.05, 3.63) is 66.1 Å². The molecule has 0 aliphatic carbocycles. The number of fused-ring (bicyclic) bond motifs is 1. The van der Waals surface area contributed by atoms with E-state index in [0.29, 0.717) is 5.65 Å². The van der Waals surface area contributed by atoms with Gasteiger partial charge in [0.05, 0.1) is 6.10 Å². The molecule has 3 aromatic rings. The quantitative estimate of drug-likeness (QED) is 0.795. The van der Waals surface area contributed by atoms with Crippen molar-refractivity contribution in [2.45, 2.75) is 25.0 Å². The average molecular weight is 337 g/mol. The molecular formula is C16H14F3N3O2. The first-order chi connectivity index (χ1) is 11.3. The maximum absolute atomic E-state index is 13.2. The van der Waals surface area contributed by atoms with Gasteiger partial charge in [-0.1, -0.05) is 36.4 Å². The van der Waals surface area contributed by atoms with E-state index in [1.807, 2.05) is 0 Å². The number of pyridine rings is 1. The molecule has 0 bridgehead atoms. The van der Waals surface area contributed by atoms with Gasteiger partial charge in [0.1, 0.15) is 0 Å². The van der Waals surface area contributed by atoms with Crippen molar-refractivity contribution in [3.8, 4) is 0 Å². The van der Waals surface area contributed by atoms with Gasteiger partial charge in [-0.25, -0.2) is 0 Å². The van der Waals surface area contributed by atoms with Crippen LogP contribution in [0.5, 0.6) is 0 Å². The van der Waals surface area contributed by atoms with Gasteiger partial charge in [-0.2, -0.15) is 0 Å². The highest BCUT2D eigenvalue weighted by Gasteiger charge is 2.52. The van der Waals surface area contributed by atoms with Crippen molar-refractivity contribution in [1.29, 1.82) is 0 Å². The number of nitrogens with zero attached hydrogens (tertiary/aromatic N) is 3. The van der Waals surface area contributed by atoms with E-state index in [2.05, 4.69) is 14.9 Å². The number of aliphatic hydroxyl groups is 1. The zero-order valence-corrected chi connectivity index (χ0v) is 12.6. The lowest BCUT2D eigenvalue weighted by atomic mass is 9.87. The number of aromatic nitrogens is 3. The van der Waals surface area contributed by atoms with E-state index in [1.54, 1.807) is 36.4 Å². The Morgan fingerprint density at radius 1 is 1.04 bits per heavy atom. The fraction of sp³-hybridized carbons (Fsp3) is 0.250. The van der Waals surface area contributed by atoms with Gasteiger partial charge in [0.15, 0.2) is 17.1 Å². The molecule has 2 aromatic heterocycles. The third kappa shape index (κ3) is 2.74. The van der Waals surface area contributed by atoms with E-state index in [1.165, 1.54) is 29.7 Å². The molecule has 1 aromatic carbocycles. The second-order valence-electron chi connectivity index (χ2n) is 5.28. The molecule has 2 atom stereocenters. The number of hydrogen-bond donors (Lipinski definition) is 1. The van der Waals surface area contributed by atoms with Gasteiger partial charge in [-0.15, -0.1) is 23.4 Å². The first-order valence-corrected chi connectivity index (χ1v) is 7.15. The highest BCUT2D eigenvalue weighted by molar-refractivity contribution is 5.41. The minimum absolute atomic E-state index is 0.121. The predicted molar refractivity (Wildman–Crippen MR) is 79.0 cm³/mol. The van der Waals surface area contributed by atoms with E-state index in [9.17, 15) is 18.3 Å². The first-order valence-electron chi connectivity index (χ1n) is 7.15. The van der Waals surface area contributed by atoms with Crippen LogP contribution in [0.1, 0.15) is 18.3 Å². The van der Waals surface area contributed by atoms with E-state index in [-0.39, 0.29) is 11.4 Å². The van der Waals surface area contributed by atoms with E-state index >= 15 is 0 Å². The van der Waals surface area contributed by atoms with Gasteiger partial charge in [-0.05, 0) is 24.6 Å². The van der Waals surface area contributed by atoms with Crippen molar-refractivity contribution in [2.75, 3.05) is 0 Å². The van der Waals surface area contributed by atoms with Crippen molar-refractivity contribution in [2.24, 2.45) is 0 Å². The summed E-state index contributed by atoms with van der Waals surface area (Å²) in [5.41, 5.74) is -1.78. The highest BCUT2D eigenvalue weighted by Crippen LogP contribution is 2.41. The number of hydrogen-bond acceptors (Lipinski definition) is 4. The van der Waals surface area contributed by atoms with Crippen LogP contribution in [0.4, 0.5) is 13.2 Å². The fourth-order valence-corrected chi connectivity index (χ4v) is 2.71. The van der Waals surface area contributed by atoms with Crippen molar-refractivity contribution < 1.29 is 23.0 Å². The minimum Gasteiger partial charge on any atom is -0.390 e. The Bertz CT molecular complexity index is 833. The smallest absolute Gasteiger partial charge is 0.390 e. The van der Waals surface area contributed by atoms with Crippen LogP contribution in [0, 0.1) is 0 Å². The summed E-state index contributed by atoms with van der Waals surface area (Å²) in [5.74, 6) is -0.156. The van der Waals surface area contributed by atoms with Gasteiger partial charge in [0.2, 0.25) is 0 Å². The maximum Gasteiger partial charge on any atom is 0.523 e. The number of halogens is 3. The highest BCUT2D eigenvalue weighted by atomic mass is 19.4. The van der Waals surface area contributed by atoms with Crippen LogP contribution < -0.4 is 0 Å². The molecule has 126 valence electrons. The lowest BCUT2D eigenvalue weighted by Crippen LogP contribution is -2.47. The number of rotatable bonds is 4. The Hall–Kier alpha value is -2.45. The Morgan fingerprint density at radius 2 is 1.71 bits per heavy atom. The normalized spacial score (nSPS) is 16.0. The largest absolute Gasteiger partial charge is 0.523 e. The van der Waals surface area contributed by atoms with Crippen LogP contribution in [-0.2, 0) is 10.3 Å². The third-order valence-electron chi connectivity index (χ3n) is 3.71. The molecule has 8 heteroatoms. The summed E-state index contributed by atoms with van der Waals surface area (Å²) in [4.78, 5) is 0. The molecule has 0 aliphatic heterocycles. The van der Waals surface area contributed by atoms with Crippen LogP contribution in [0.2, 0.25) is 0 Å². The second-order valence-corrected chi connectivity index (χ2v) is 5.28. The zero-order chi connectivity index (χ0) is 17.4. The van der Waals surface area contributed by atoms with E-state index in [0.717, 1.165) is 0 Å². The maximum atomic E-state index is 13.2. The summed E-state index contributed by atoms with van der Waals surface area (Å²) in [6.07, 6.45) is -5.02.